The van der Waals surface area contributed by atoms with Crippen LogP contribution in [0.15, 0.2) is 59.1 Å². The second kappa shape index (κ2) is 8.45. The van der Waals surface area contributed by atoms with Gasteiger partial charge in [0.2, 0.25) is 0 Å². The van der Waals surface area contributed by atoms with Gasteiger partial charge in [0.1, 0.15) is 0 Å². The van der Waals surface area contributed by atoms with Crippen molar-refractivity contribution in [1.82, 2.24) is 10.2 Å². The number of benzene rings is 2. The van der Waals surface area contributed by atoms with Crippen LogP contribution in [-0.4, -0.2) is 30.4 Å². The van der Waals surface area contributed by atoms with E-state index in [0.717, 1.165) is 30.7 Å². The number of likely N-dealkylation sites (tertiary alicyclic amines) is 1. The van der Waals surface area contributed by atoms with Gasteiger partial charge in [0.25, 0.3) is 5.91 Å². The van der Waals surface area contributed by atoms with Gasteiger partial charge >= 0.3 is 0 Å². The quantitative estimate of drug-likeness (QED) is 0.838. The lowest BCUT2D eigenvalue weighted by molar-refractivity contribution is 0.0930. The van der Waals surface area contributed by atoms with Crippen LogP contribution in [0, 0.1) is 5.92 Å². The highest BCUT2D eigenvalue weighted by Gasteiger charge is 2.20. The summed E-state index contributed by atoms with van der Waals surface area (Å²) in [6.45, 7) is 3.94. The molecular weight excluding hydrogens is 364 g/mol. The van der Waals surface area contributed by atoms with Crippen molar-refractivity contribution in [1.29, 1.82) is 0 Å². The number of halogens is 1. The van der Waals surface area contributed by atoms with Crippen LogP contribution in [0.25, 0.3) is 0 Å². The minimum absolute atomic E-state index is 0.0106. The summed E-state index contributed by atoms with van der Waals surface area (Å²) in [6, 6.07) is 18.1. The Hall–Kier alpha value is -1.65. The van der Waals surface area contributed by atoms with Crippen LogP contribution in [0.5, 0.6) is 0 Å². The normalized spacial score (nSPS) is 18.3. The highest BCUT2D eigenvalue weighted by atomic mass is 79.9. The number of rotatable bonds is 5. The molecule has 0 aliphatic carbocycles. The Morgan fingerprint density at radius 2 is 2.00 bits per heavy atom. The highest BCUT2D eigenvalue weighted by molar-refractivity contribution is 9.10. The fraction of sp³-hybridized carbons (Fsp3) is 0.350. The number of carbonyl (C=O) groups excluding carboxylic acids is 1. The number of piperidine rings is 1. The molecule has 1 amide bonds. The Morgan fingerprint density at radius 3 is 2.79 bits per heavy atom. The van der Waals surface area contributed by atoms with Gasteiger partial charge in [0.15, 0.2) is 0 Å². The maximum absolute atomic E-state index is 12.3. The summed E-state index contributed by atoms with van der Waals surface area (Å²) in [4.78, 5) is 14.8. The molecule has 0 saturated carbocycles. The van der Waals surface area contributed by atoms with E-state index in [-0.39, 0.29) is 5.91 Å². The first kappa shape index (κ1) is 17.2. The third-order valence-electron chi connectivity index (χ3n) is 4.49. The molecule has 1 unspecified atom stereocenters. The molecule has 2 aromatic carbocycles. The topological polar surface area (TPSA) is 32.3 Å². The lowest BCUT2D eigenvalue weighted by Crippen LogP contribution is -2.40. The zero-order valence-corrected chi connectivity index (χ0v) is 15.3. The summed E-state index contributed by atoms with van der Waals surface area (Å²) in [7, 11) is 0. The lowest BCUT2D eigenvalue weighted by atomic mass is 9.97. The van der Waals surface area contributed by atoms with Crippen LogP contribution in [0.2, 0.25) is 0 Å². The molecule has 4 heteroatoms. The van der Waals surface area contributed by atoms with E-state index >= 15 is 0 Å². The third kappa shape index (κ3) is 4.92. The SMILES string of the molecule is O=C(NCC1CCCN(Cc2ccccc2)C1)c1cccc(Br)c1. The Bertz CT molecular complexity index is 674. The molecule has 24 heavy (non-hydrogen) atoms. The van der Waals surface area contributed by atoms with E-state index in [1.807, 2.05) is 24.3 Å². The number of hydrogen-bond donors (Lipinski definition) is 1. The summed E-state index contributed by atoms with van der Waals surface area (Å²) in [5.41, 5.74) is 2.07. The largest absolute Gasteiger partial charge is 0.352 e. The first-order valence-corrected chi connectivity index (χ1v) is 9.30. The summed E-state index contributed by atoms with van der Waals surface area (Å²) in [5.74, 6) is 0.537. The summed E-state index contributed by atoms with van der Waals surface area (Å²) in [6.07, 6.45) is 2.38. The highest BCUT2D eigenvalue weighted by Crippen LogP contribution is 2.18. The van der Waals surface area contributed by atoms with Crippen LogP contribution in [-0.2, 0) is 6.54 Å². The molecule has 3 nitrogen and oxygen atoms in total. The minimum atomic E-state index is 0.0106. The average molecular weight is 387 g/mol. The Kier molecular flexibility index (Phi) is 6.05. The van der Waals surface area contributed by atoms with E-state index < -0.39 is 0 Å². The molecule has 1 aliphatic rings. The molecule has 0 spiro atoms. The monoisotopic (exact) mass is 386 g/mol. The second-order valence-corrected chi connectivity index (χ2v) is 7.37. The first-order chi connectivity index (χ1) is 11.7. The molecule has 1 atom stereocenters. The van der Waals surface area contributed by atoms with Crippen molar-refractivity contribution in [2.75, 3.05) is 19.6 Å². The van der Waals surface area contributed by atoms with Crippen molar-refractivity contribution < 1.29 is 4.79 Å². The summed E-state index contributed by atoms with van der Waals surface area (Å²) in [5, 5.41) is 3.09. The molecule has 2 aromatic rings. The van der Waals surface area contributed by atoms with Gasteiger partial charge in [-0.05, 0) is 49.1 Å². The van der Waals surface area contributed by atoms with Gasteiger partial charge in [-0.15, -0.1) is 0 Å². The Morgan fingerprint density at radius 1 is 1.17 bits per heavy atom. The predicted octanol–water partition coefficient (Wildman–Crippen LogP) is 4.09. The van der Waals surface area contributed by atoms with Gasteiger partial charge in [0.05, 0.1) is 0 Å². The summed E-state index contributed by atoms with van der Waals surface area (Å²) < 4.78 is 0.932. The molecule has 1 aliphatic heterocycles. The second-order valence-electron chi connectivity index (χ2n) is 6.45. The van der Waals surface area contributed by atoms with Crippen molar-refractivity contribution in [3.8, 4) is 0 Å². The Balaban J connectivity index is 1.49. The van der Waals surface area contributed by atoms with Gasteiger partial charge < -0.3 is 5.32 Å². The molecule has 0 bridgehead atoms. The zero-order valence-electron chi connectivity index (χ0n) is 13.7. The molecule has 1 saturated heterocycles. The Labute approximate surface area is 152 Å². The van der Waals surface area contributed by atoms with Crippen LogP contribution in [0.1, 0.15) is 28.8 Å². The number of nitrogens with one attached hydrogen (secondary N) is 1. The van der Waals surface area contributed by atoms with Crippen molar-refractivity contribution in [2.45, 2.75) is 19.4 Å². The number of carbonyl (C=O) groups is 1. The molecule has 0 aromatic heterocycles. The van der Waals surface area contributed by atoms with E-state index in [2.05, 4.69) is 56.5 Å². The van der Waals surface area contributed by atoms with Gasteiger partial charge in [-0.25, -0.2) is 0 Å². The van der Waals surface area contributed by atoms with E-state index in [9.17, 15) is 4.79 Å². The number of amides is 1. The molecule has 3 rings (SSSR count). The van der Waals surface area contributed by atoms with Crippen molar-refractivity contribution >= 4 is 21.8 Å². The van der Waals surface area contributed by atoms with E-state index in [4.69, 9.17) is 0 Å². The van der Waals surface area contributed by atoms with Gasteiger partial charge in [-0.1, -0.05) is 52.3 Å². The van der Waals surface area contributed by atoms with E-state index in [0.29, 0.717) is 11.5 Å². The van der Waals surface area contributed by atoms with Crippen LogP contribution in [0.4, 0.5) is 0 Å². The van der Waals surface area contributed by atoms with Gasteiger partial charge in [-0.2, -0.15) is 0 Å². The van der Waals surface area contributed by atoms with Crippen molar-refractivity contribution in [3.63, 3.8) is 0 Å². The molecule has 0 radical (unpaired) electrons. The van der Waals surface area contributed by atoms with Crippen molar-refractivity contribution in [3.05, 3.63) is 70.2 Å². The third-order valence-corrected chi connectivity index (χ3v) is 4.98. The van der Waals surface area contributed by atoms with Gasteiger partial charge in [-0.3, -0.25) is 9.69 Å². The molecule has 1 N–H and O–H groups in total. The van der Waals surface area contributed by atoms with Crippen LogP contribution < -0.4 is 5.32 Å². The fourth-order valence-corrected chi connectivity index (χ4v) is 3.67. The standard InChI is InChI=1S/C20H23BrN2O/c21-19-10-4-9-18(12-19)20(24)22-13-17-8-5-11-23(15-17)14-16-6-2-1-3-7-16/h1-4,6-7,9-10,12,17H,5,8,11,13-15H2,(H,22,24). The van der Waals surface area contributed by atoms with E-state index in [1.54, 1.807) is 0 Å². The fourth-order valence-electron chi connectivity index (χ4n) is 3.27. The lowest BCUT2D eigenvalue weighted by Gasteiger charge is -2.32. The summed E-state index contributed by atoms with van der Waals surface area (Å²) >= 11 is 3.41. The maximum atomic E-state index is 12.3. The number of hydrogen-bond acceptors (Lipinski definition) is 2. The average Bonchev–Trinajstić information content (AvgIpc) is 2.61. The number of nitrogens with zero attached hydrogens (tertiary/aromatic N) is 1. The molecule has 1 heterocycles. The minimum Gasteiger partial charge on any atom is -0.352 e. The maximum Gasteiger partial charge on any atom is 0.251 e. The smallest absolute Gasteiger partial charge is 0.251 e. The van der Waals surface area contributed by atoms with Crippen molar-refractivity contribution in [2.24, 2.45) is 5.92 Å². The molecular formula is C20H23BrN2O. The van der Waals surface area contributed by atoms with E-state index in [1.165, 1.54) is 18.4 Å². The van der Waals surface area contributed by atoms with Crippen LogP contribution in [0.3, 0.4) is 0 Å². The first-order valence-electron chi connectivity index (χ1n) is 8.51. The molecule has 1 fully saturated rings. The predicted molar refractivity (Wildman–Crippen MR) is 101 cm³/mol. The van der Waals surface area contributed by atoms with Gasteiger partial charge in [0, 0.05) is 29.7 Å². The van der Waals surface area contributed by atoms with Crippen LogP contribution >= 0.6 is 15.9 Å². The molecule has 126 valence electrons. The zero-order chi connectivity index (χ0) is 16.8.